The van der Waals surface area contributed by atoms with Crippen molar-refractivity contribution in [3.05, 3.63) is 34.9 Å². The predicted molar refractivity (Wildman–Crippen MR) is 77.0 cm³/mol. The van der Waals surface area contributed by atoms with Gasteiger partial charge in [0.2, 0.25) is 0 Å². The van der Waals surface area contributed by atoms with Crippen molar-refractivity contribution in [2.45, 2.75) is 25.9 Å². The van der Waals surface area contributed by atoms with E-state index in [-0.39, 0.29) is 12.1 Å². The monoisotopic (exact) mass is 270 g/mol. The largest absolute Gasteiger partial charge is 0.383 e. The van der Waals surface area contributed by atoms with Gasteiger partial charge in [-0.3, -0.25) is 4.90 Å². The van der Waals surface area contributed by atoms with Gasteiger partial charge in [-0.2, -0.15) is 0 Å². The minimum atomic E-state index is 0.0419. The van der Waals surface area contributed by atoms with Crippen LogP contribution in [0.4, 0.5) is 0 Å². The molecule has 2 N–H and O–H groups in total. The van der Waals surface area contributed by atoms with E-state index in [0.717, 1.165) is 23.7 Å². The highest BCUT2D eigenvalue weighted by Gasteiger charge is 2.22. The predicted octanol–water partition coefficient (Wildman–Crippen LogP) is 2.70. The van der Waals surface area contributed by atoms with Gasteiger partial charge >= 0.3 is 0 Å². The summed E-state index contributed by atoms with van der Waals surface area (Å²) >= 11 is 6.06. The average molecular weight is 271 g/mol. The Hall–Kier alpha value is -0.610. The summed E-state index contributed by atoms with van der Waals surface area (Å²) in [6, 6.07) is 8.14. The fraction of sp³-hybridized carbons (Fsp3) is 0.571. The zero-order valence-electron chi connectivity index (χ0n) is 11.4. The van der Waals surface area contributed by atoms with Gasteiger partial charge in [-0.1, -0.05) is 30.7 Å². The second-order valence-electron chi connectivity index (χ2n) is 4.48. The van der Waals surface area contributed by atoms with Crippen LogP contribution in [-0.2, 0) is 4.74 Å². The molecule has 0 fully saturated rings. The van der Waals surface area contributed by atoms with Gasteiger partial charge in [0.1, 0.15) is 0 Å². The lowest BCUT2D eigenvalue weighted by atomic mass is 9.99. The molecule has 0 bridgehead atoms. The third kappa shape index (κ3) is 4.25. The van der Waals surface area contributed by atoms with E-state index in [0.29, 0.717) is 6.61 Å². The standard InChI is InChI=1S/C14H23ClN2O/c1-4-17(8-9-18-3)14(11(2)16)12-6-5-7-13(15)10-12/h5-7,10-11,14H,4,8-9,16H2,1-3H3. The molecule has 102 valence electrons. The number of halogens is 1. The first-order valence-electron chi connectivity index (χ1n) is 6.34. The second kappa shape index (κ2) is 7.74. The molecule has 0 saturated heterocycles. The first-order valence-corrected chi connectivity index (χ1v) is 6.72. The molecule has 2 atom stereocenters. The van der Waals surface area contributed by atoms with Crippen LogP contribution >= 0.6 is 11.6 Å². The van der Waals surface area contributed by atoms with Crippen molar-refractivity contribution < 1.29 is 4.74 Å². The van der Waals surface area contributed by atoms with Crippen molar-refractivity contribution in [1.29, 1.82) is 0 Å². The quantitative estimate of drug-likeness (QED) is 0.828. The number of benzene rings is 1. The molecular formula is C14H23ClN2O. The third-order valence-electron chi connectivity index (χ3n) is 3.07. The molecule has 0 aliphatic heterocycles. The van der Waals surface area contributed by atoms with Gasteiger partial charge in [0.15, 0.2) is 0 Å². The SMILES string of the molecule is CCN(CCOC)C(c1cccc(Cl)c1)C(C)N. The minimum Gasteiger partial charge on any atom is -0.383 e. The van der Waals surface area contributed by atoms with Crippen LogP contribution in [0.2, 0.25) is 5.02 Å². The first-order chi connectivity index (χ1) is 8.60. The van der Waals surface area contributed by atoms with Crippen molar-refractivity contribution >= 4 is 11.6 Å². The molecular weight excluding hydrogens is 248 g/mol. The molecule has 0 radical (unpaired) electrons. The van der Waals surface area contributed by atoms with Gasteiger partial charge in [-0.05, 0) is 31.2 Å². The third-order valence-corrected chi connectivity index (χ3v) is 3.31. The van der Waals surface area contributed by atoms with Crippen molar-refractivity contribution in [2.75, 3.05) is 26.8 Å². The van der Waals surface area contributed by atoms with Crippen LogP contribution in [0.3, 0.4) is 0 Å². The summed E-state index contributed by atoms with van der Waals surface area (Å²) in [6.07, 6.45) is 0. The number of rotatable bonds is 7. The molecule has 0 aliphatic rings. The Labute approximate surface area is 115 Å². The van der Waals surface area contributed by atoms with E-state index in [2.05, 4.69) is 17.9 Å². The van der Waals surface area contributed by atoms with Crippen LogP contribution in [0.15, 0.2) is 24.3 Å². The Morgan fingerprint density at radius 2 is 2.17 bits per heavy atom. The highest BCUT2D eigenvalue weighted by atomic mass is 35.5. The molecule has 4 heteroatoms. The van der Waals surface area contributed by atoms with Gasteiger partial charge in [0.25, 0.3) is 0 Å². The van der Waals surface area contributed by atoms with Crippen molar-refractivity contribution in [3.63, 3.8) is 0 Å². The summed E-state index contributed by atoms with van der Waals surface area (Å²) in [6.45, 7) is 6.67. The van der Waals surface area contributed by atoms with E-state index in [1.807, 2.05) is 25.1 Å². The number of ether oxygens (including phenoxy) is 1. The summed E-state index contributed by atoms with van der Waals surface area (Å²) < 4.78 is 5.16. The fourth-order valence-electron chi connectivity index (χ4n) is 2.24. The van der Waals surface area contributed by atoms with E-state index >= 15 is 0 Å². The summed E-state index contributed by atoms with van der Waals surface area (Å²) in [5.74, 6) is 0. The highest BCUT2D eigenvalue weighted by molar-refractivity contribution is 6.30. The number of nitrogens with zero attached hydrogens (tertiary/aromatic N) is 1. The Morgan fingerprint density at radius 1 is 1.44 bits per heavy atom. The molecule has 0 amide bonds. The number of likely N-dealkylation sites (N-methyl/N-ethyl adjacent to an activating group) is 1. The topological polar surface area (TPSA) is 38.5 Å². The molecule has 3 nitrogen and oxygen atoms in total. The maximum atomic E-state index is 6.14. The lowest BCUT2D eigenvalue weighted by Gasteiger charge is -2.33. The van der Waals surface area contributed by atoms with Crippen molar-refractivity contribution in [2.24, 2.45) is 5.73 Å². The lowest BCUT2D eigenvalue weighted by Crippen LogP contribution is -2.41. The maximum Gasteiger partial charge on any atom is 0.0589 e. The Balaban J connectivity index is 2.93. The van der Waals surface area contributed by atoms with Gasteiger partial charge in [0, 0.05) is 30.8 Å². The van der Waals surface area contributed by atoms with Crippen LogP contribution < -0.4 is 5.73 Å². The molecule has 0 aromatic heterocycles. The number of hydrogen-bond acceptors (Lipinski definition) is 3. The van der Waals surface area contributed by atoms with Crippen LogP contribution in [0.5, 0.6) is 0 Å². The summed E-state index contributed by atoms with van der Waals surface area (Å²) in [5, 5.41) is 0.751. The molecule has 2 unspecified atom stereocenters. The van der Waals surface area contributed by atoms with E-state index in [9.17, 15) is 0 Å². The first kappa shape index (κ1) is 15.4. The normalized spacial score (nSPS) is 14.8. The van der Waals surface area contributed by atoms with Crippen molar-refractivity contribution in [1.82, 2.24) is 4.90 Å². The summed E-state index contributed by atoms with van der Waals surface area (Å²) in [7, 11) is 1.72. The van der Waals surface area contributed by atoms with E-state index in [4.69, 9.17) is 22.1 Å². The van der Waals surface area contributed by atoms with E-state index in [1.165, 1.54) is 0 Å². The van der Waals surface area contributed by atoms with Gasteiger partial charge in [-0.15, -0.1) is 0 Å². The molecule has 0 spiro atoms. The summed E-state index contributed by atoms with van der Waals surface area (Å²) in [5.41, 5.74) is 7.30. The fourth-order valence-corrected chi connectivity index (χ4v) is 2.44. The molecule has 0 aliphatic carbocycles. The number of methoxy groups -OCH3 is 1. The summed E-state index contributed by atoms with van der Waals surface area (Å²) in [4.78, 5) is 2.32. The van der Waals surface area contributed by atoms with Gasteiger partial charge in [-0.25, -0.2) is 0 Å². The number of hydrogen-bond donors (Lipinski definition) is 1. The zero-order valence-corrected chi connectivity index (χ0v) is 12.2. The molecule has 1 aromatic rings. The van der Waals surface area contributed by atoms with E-state index in [1.54, 1.807) is 7.11 Å². The Kier molecular flexibility index (Phi) is 6.65. The minimum absolute atomic E-state index is 0.0419. The highest BCUT2D eigenvalue weighted by Crippen LogP contribution is 2.25. The van der Waals surface area contributed by atoms with Crippen LogP contribution in [-0.4, -0.2) is 37.7 Å². The maximum absolute atomic E-state index is 6.14. The number of nitrogens with two attached hydrogens (primary N) is 1. The van der Waals surface area contributed by atoms with Crippen LogP contribution in [0.25, 0.3) is 0 Å². The molecule has 0 heterocycles. The molecule has 0 saturated carbocycles. The average Bonchev–Trinajstić information content (AvgIpc) is 2.33. The van der Waals surface area contributed by atoms with E-state index < -0.39 is 0 Å². The molecule has 1 rings (SSSR count). The Bertz CT molecular complexity index is 357. The Morgan fingerprint density at radius 3 is 2.67 bits per heavy atom. The van der Waals surface area contributed by atoms with Crippen LogP contribution in [0, 0.1) is 0 Å². The second-order valence-corrected chi connectivity index (χ2v) is 4.92. The van der Waals surface area contributed by atoms with Gasteiger partial charge in [0.05, 0.1) is 6.61 Å². The van der Waals surface area contributed by atoms with Crippen LogP contribution in [0.1, 0.15) is 25.5 Å². The molecule has 1 aromatic carbocycles. The van der Waals surface area contributed by atoms with Gasteiger partial charge < -0.3 is 10.5 Å². The molecule has 18 heavy (non-hydrogen) atoms. The zero-order chi connectivity index (χ0) is 13.5. The smallest absolute Gasteiger partial charge is 0.0589 e. The lowest BCUT2D eigenvalue weighted by molar-refractivity contribution is 0.115. The van der Waals surface area contributed by atoms with Crippen molar-refractivity contribution in [3.8, 4) is 0 Å².